The number of nitrogens with one attached hydrogen (secondary N) is 1. The minimum absolute atomic E-state index is 0.267. The summed E-state index contributed by atoms with van der Waals surface area (Å²) in [5.41, 5.74) is 7.49. The third kappa shape index (κ3) is 2.30. The van der Waals surface area contributed by atoms with Crippen LogP contribution < -0.4 is 11.1 Å². The highest BCUT2D eigenvalue weighted by Gasteiger charge is 2.15. The van der Waals surface area contributed by atoms with E-state index in [0.717, 1.165) is 0 Å². The van der Waals surface area contributed by atoms with Gasteiger partial charge in [0.2, 0.25) is 0 Å². The van der Waals surface area contributed by atoms with Crippen LogP contribution in [0.2, 0.25) is 0 Å². The van der Waals surface area contributed by atoms with E-state index in [0.29, 0.717) is 16.8 Å². The molecule has 0 bridgehead atoms. The van der Waals surface area contributed by atoms with Gasteiger partial charge in [-0.25, -0.2) is 4.79 Å². The smallest absolute Gasteiger partial charge is 0.328 e. The van der Waals surface area contributed by atoms with Crippen molar-refractivity contribution in [2.75, 3.05) is 18.2 Å². The second kappa shape index (κ2) is 4.32. The van der Waals surface area contributed by atoms with E-state index in [9.17, 15) is 4.79 Å². The van der Waals surface area contributed by atoms with Crippen LogP contribution >= 0.6 is 0 Å². The second-order valence-electron chi connectivity index (χ2n) is 3.64. The number of anilines is 2. The first kappa shape index (κ1) is 11.3. The Morgan fingerprint density at radius 3 is 3.06 bits per heavy atom. The van der Waals surface area contributed by atoms with E-state index >= 15 is 0 Å². The van der Waals surface area contributed by atoms with Crippen molar-refractivity contribution in [3.05, 3.63) is 18.2 Å². The number of nitrogens with two attached hydrogens (primary N) is 1. The van der Waals surface area contributed by atoms with Crippen LogP contribution in [0.1, 0.15) is 6.92 Å². The molecule has 2 rings (SSSR count). The number of aromatic nitrogens is 1. The number of hydrogen-bond acceptors (Lipinski definition) is 6. The Balaban J connectivity index is 2.22. The van der Waals surface area contributed by atoms with Gasteiger partial charge in [0.05, 0.1) is 7.11 Å². The van der Waals surface area contributed by atoms with Crippen molar-refractivity contribution < 1.29 is 13.9 Å². The summed E-state index contributed by atoms with van der Waals surface area (Å²) in [6, 6.07) is 4.90. The maximum atomic E-state index is 11.2. The zero-order valence-electron chi connectivity index (χ0n) is 9.56. The first-order valence-electron chi connectivity index (χ1n) is 5.10. The second-order valence-corrected chi connectivity index (χ2v) is 3.64. The average Bonchev–Trinajstić information content (AvgIpc) is 2.69. The maximum Gasteiger partial charge on any atom is 0.328 e. The molecule has 2 aromatic rings. The number of fused-ring (bicyclic) bond motifs is 1. The summed E-state index contributed by atoms with van der Waals surface area (Å²) in [7, 11) is 1.33. The molecule has 3 N–H and O–H groups in total. The first-order valence-corrected chi connectivity index (χ1v) is 5.10. The number of oxazole rings is 1. The highest BCUT2D eigenvalue weighted by atomic mass is 16.5. The molecule has 0 fully saturated rings. The number of esters is 1. The van der Waals surface area contributed by atoms with Crippen molar-refractivity contribution in [1.29, 1.82) is 0 Å². The standard InChI is InChI=1S/C11H13N3O3/c1-6(10(15)16-2)13-11-14-8-5-7(12)3-4-9(8)17-11/h3-6H,12H2,1-2H3,(H,13,14). The Labute approximate surface area is 97.8 Å². The van der Waals surface area contributed by atoms with Crippen LogP contribution in [0.15, 0.2) is 22.6 Å². The number of rotatable bonds is 3. The lowest BCUT2D eigenvalue weighted by Gasteiger charge is -2.08. The van der Waals surface area contributed by atoms with Crippen molar-refractivity contribution in [1.82, 2.24) is 4.98 Å². The van der Waals surface area contributed by atoms with Crippen molar-refractivity contribution in [3.63, 3.8) is 0 Å². The molecule has 17 heavy (non-hydrogen) atoms. The van der Waals surface area contributed by atoms with Gasteiger partial charge in [-0.1, -0.05) is 0 Å². The monoisotopic (exact) mass is 235 g/mol. The normalized spacial score (nSPS) is 12.4. The Bertz CT molecular complexity index is 550. The summed E-state index contributed by atoms with van der Waals surface area (Å²) < 4.78 is 9.99. The number of nitrogens with zero attached hydrogens (tertiary/aromatic N) is 1. The van der Waals surface area contributed by atoms with Gasteiger partial charge >= 0.3 is 5.97 Å². The van der Waals surface area contributed by atoms with E-state index in [4.69, 9.17) is 10.2 Å². The molecule has 0 saturated carbocycles. The molecule has 1 atom stereocenters. The number of benzene rings is 1. The Kier molecular flexibility index (Phi) is 2.86. The van der Waals surface area contributed by atoms with Gasteiger partial charge in [-0.05, 0) is 25.1 Å². The van der Waals surface area contributed by atoms with Gasteiger partial charge in [0, 0.05) is 5.69 Å². The van der Waals surface area contributed by atoms with Crippen LogP contribution in [0.4, 0.5) is 11.7 Å². The average molecular weight is 235 g/mol. The fourth-order valence-corrected chi connectivity index (χ4v) is 1.43. The van der Waals surface area contributed by atoms with Crippen molar-refractivity contribution >= 4 is 28.8 Å². The molecule has 0 aliphatic heterocycles. The lowest BCUT2D eigenvalue weighted by Crippen LogP contribution is -2.27. The van der Waals surface area contributed by atoms with E-state index in [1.807, 2.05) is 0 Å². The Morgan fingerprint density at radius 2 is 2.35 bits per heavy atom. The third-order valence-electron chi connectivity index (χ3n) is 2.31. The number of hydrogen-bond donors (Lipinski definition) is 2. The number of ether oxygens (including phenoxy) is 1. The predicted octanol–water partition coefficient (Wildman–Crippen LogP) is 1.38. The highest BCUT2D eigenvalue weighted by Crippen LogP contribution is 2.21. The van der Waals surface area contributed by atoms with Gasteiger partial charge < -0.3 is 20.2 Å². The summed E-state index contributed by atoms with van der Waals surface area (Å²) in [5.74, 6) is -0.383. The van der Waals surface area contributed by atoms with E-state index in [1.165, 1.54) is 7.11 Å². The zero-order chi connectivity index (χ0) is 12.4. The zero-order valence-corrected chi connectivity index (χ0v) is 9.56. The molecule has 1 aromatic heterocycles. The first-order chi connectivity index (χ1) is 8.10. The largest absolute Gasteiger partial charge is 0.467 e. The minimum atomic E-state index is -0.523. The molecule has 1 unspecified atom stereocenters. The molecule has 0 aliphatic rings. The van der Waals surface area contributed by atoms with E-state index in [2.05, 4.69) is 15.0 Å². The van der Waals surface area contributed by atoms with Crippen molar-refractivity contribution in [2.45, 2.75) is 13.0 Å². The molecule has 0 spiro atoms. The molecule has 1 heterocycles. The van der Waals surface area contributed by atoms with E-state index < -0.39 is 6.04 Å². The van der Waals surface area contributed by atoms with Crippen molar-refractivity contribution in [3.8, 4) is 0 Å². The van der Waals surface area contributed by atoms with Crippen molar-refractivity contribution in [2.24, 2.45) is 0 Å². The summed E-state index contributed by atoms with van der Waals surface area (Å²) in [6.07, 6.45) is 0. The van der Waals surface area contributed by atoms with Gasteiger partial charge in [0.1, 0.15) is 11.6 Å². The van der Waals surface area contributed by atoms with Gasteiger partial charge in [0.25, 0.3) is 6.01 Å². The van der Waals surface area contributed by atoms with Gasteiger partial charge in [0.15, 0.2) is 5.58 Å². The Hall–Kier alpha value is -2.24. The minimum Gasteiger partial charge on any atom is -0.467 e. The van der Waals surface area contributed by atoms with Crippen LogP contribution in [0.5, 0.6) is 0 Å². The number of methoxy groups -OCH3 is 1. The molecule has 1 aromatic carbocycles. The third-order valence-corrected chi connectivity index (χ3v) is 2.31. The summed E-state index contributed by atoms with van der Waals surface area (Å²) >= 11 is 0. The molecule has 0 aliphatic carbocycles. The molecular formula is C11H13N3O3. The topological polar surface area (TPSA) is 90.4 Å². The molecule has 0 saturated heterocycles. The van der Waals surface area contributed by atoms with E-state index in [1.54, 1.807) is 25.1 Å². The molecule has 90 valence electrons. The van der Waals surface area contributed by atoms with Crippen LogP contribution in [0.25, 0.3) is 11.1 Å². The number of carbonyl (C=O) groups is 1. The fraction of sp³-hybridized carbons (Fsp3) is 0.273. The quantitative estimate of drug-likeness (QED) is 0.617. The predicted molar refractivity (Wildman–Crippen MR) is 63.5 cm³/mol. The molecule has 6 heteroatoms. The molecule has 0 amide bonds. The lowest BCUT2D eigenvalue weighted by molar-refractivity contribution is -0.141. The van der Waals surface area contributed by atoms with Gasteiger partial charge in [-0.2, -0.15) is 4.98 Å². The Morgan fingerprint density at radius 1 is 1.59 bits per heavy atom. The summed E-state index contributed by atoms with van der Waals surface area (Å²) in [5, 5.41) is 2.81. The van der Waals surface area contributed by atoms with Gasteiger partial charge in [-0.15, -0.1) is 0 Å². The lowest BCUT2D eigenvalue weighted by atomic mass is 10.3. The maximum absolute atomic E-state index is 11.2. The highest BCUT2D eigenvalue weighted by molar-refractivity contribution is 5.80. The number of nitrogen functional groups attached to an aromatic ring is 1. The number of carbonyl (C=O) groups excluding carboxylic acids is 1. The van der Waals surface area contributed by atoms with E-state index in [-0.39, 0.29) is 12.0 Å². The molecule has 0 radical (unpaired) electrons. The van der Waals surface area contributed by atoms with Gasteiger partial charge in [-0.3, -0.25) is 0 Å². The van der Waals surface area contributed by atoms with Crippen LogP contribution in [-0.4, -0.2) is 24.1 Å². The van der Waals surface area contributed by atoms with Crippen LogP contribution in [-0.2, 0) is 9.53 Å². The fourth-order valence-electron chi connectivity index (χ4n) is 1.43. The summed E-state index contributed by atoms with van der Waals surface area (Å²) in [6.45, 7) is 1.66. The van der Waals surface area contributed by atoms with Crippen LogP contribution in [0.3, 0.4) is 0 Å². The SMILES string of the molecule is COC(=O)C(C)Nc1nc2cc(N)ccc2o1. The summed E-state index contributed by atoms with van der Waals surface area (Å²) in [4.78, 5) is 15.4. The molecular weight excluding hydrogens is 222 g/mol. The molecule has 6 nitrogen and oxygen atoms in total. The van der Waals surface area contributed by atoms with Crippen LogP contribution in [0, 0.1) is 0 Å².